The summed E-state index contributed by atoms with van der Waals surface area (Å²) >= 11 is 0. The fourth-order valence-electron chi connectivity index (χ4n) is 3.17. The number of carbonyl (C=O) groups excluding carboxylic acids is 1. The number of alkyl halides is 3. The number of hydrogen-bond donors (Lipinski definition) is 1. The summed E-state index contributed by atoms with van der Waals surface area (Å²) in [6.45, 7) is 0.142. The van der Waals surface area contributed by atoms with Gasteiger partial charge >= 0.3 is 6.18 Å². The molecular formula is C22H14F5N3O. The minimum absolute atomic E-state index is 0.121. The molecule has 9 heteroatoms. The number of para-hydroxylation sites is 1. The van der Waals surface area contributed by atoms with Gasteiger partial charge in [-0.1, -0.05) is 30.3 Å². The van der Waals surface area contributed by atoms with Gasteiger partial charge in [-0.25, -0.2) is 8.78 Å². The fourth-order valence-corrected chi connectivity index (χ4v) is 3.17. The van der Waals surface area contributed by atoms with Crippen LogP contribution in [0.5, 0.6) is 0 Å². The first-order valence-corrected chi connectivity index (χ1v) is 9.11. The quantitative estimate of drug-likeness (QED) is 0.426. The average molecular weight is 431 g/mol. The molecule has 0 atom stereocenters. The SMILES string of the molecule is O=C(Nc1nn(Cc2ccc(C(F)(F)F)cc2)c2ccccc12)c1cccc(F)c1F. The number of benzene rings is 3. The van der Waals surface area contributed by atoms with Crippen molar-refractivity contribution in [1.29, 1.82) is 0 Å². The number of rotatable bonds is 4. The summed E-state index contributed by atoms with van der Waals surface area (Å²) in [4.78, 5) is 12.5. The summed E-state index contributed by atoms with van der Waals surface area (Å²) < 4.78 is 67.2. The van der Waals surface area contributed by atoms with Gasteiger partial charge in [0.05, 0.1) is 23.2 Å². The third kappa shape index (κ3) is 4.11. The molecule has 31 heavy (non-hydrogen) atoms. The molecule has 4 aromatic rings. The van der Waals surface area contributed by atoms with Gasteiger partial charge in [0.15, 0.2) is 17.5 Å². The van der Waals surface area contributed by atoms with Gasteiger partial charge in [-0.05, 0) is 42.0 Å². The third-order valence-electron chi connectivity index (χ3n) is 4.70. The minimum Gasteiger partial charge on any atom is -0.304 e. The largest absolute Gasteiger partial charge is 0.416 e. The van der Waals surface area contributed by atoms with Crippen LogP contribution < -0.4 is 5.32 Å². The lowest BCUT2D eigenvalue weighted by atomic mass is 10.1. The molecule has 1 N–H and O–H groups in total. The highest BCUT2D eigenvalue weighted by Gasteiger charge is 2.30. The topological polar surface area (TPSA) is 46.9 Å². The summed E-state index contributed by atoms with van der Waals surface area (Å²) in [5, 5.41) is 7.34. The summed E-state index contributed by atoms with van der Waals surface area (Å²) in [6, 6.07) is 14.8. The number of carbonyl (C=O) groups is 1. The number of amides is 1. The van der Waals surface area contributed by atoms with Crippen molar-refractivity contribution < 1.29 is 26.7 Å². The number of nitrogens with zero attached hydrogens (tertiary/aromatic N) is 2. The monoisotopic (exact) mass is 431 g/mol. The highest BCUT2D eigenvalue weighted by atomic mass is 19.4. The van der Waals surface area contributed by atoms with Gasteiger partial charge in [-0.3, -0.25) is 9.48 Å². The predicted molar refractivity (Wildman–Crippen MR) is 105 cm³/mol. The summed E-state index contributed by atoms with van der Waals surface area (Å²) in [6.07, 6.45) is -4.43. The van der Waals surface area contributed by atoms with Crippen LogP contribution in [0.25, 0.3) is 10.9 Å². The Morgan fingerprint density at radius 1 is 0.935 bits per heavy atom. The predicted octanol–water partition coefficient (Wildman–Crippen LogP) is 5.63. The first-order valence-electron chi connectivity index (χ1n) is 9.11. The smallest absolute Gasteiger partial charge is 0.304 e. The maximum atomic E-state index is 13.9. The number of fused-ring (bicyclic) bond motifs is 1. The van der Waals surface area contributed by atoms with Crippen LogP contribution in [0.4, 0.5) is 27.8 Å². The summed E-state index contributed by atoms with van der Waals surface area (Å²) in [7, 11) is 0. The normalized spacial score (nSPS) is 11.6. The van der Waals surface area contributed by atoms with Crippen molar-refractivity contribution in [3.63, 3.8) is 0 Å². The molecule has 1 aromatic heterocycles. The van der Waals surface area contributed by atoms with Crippen molar-refractivity contribution in [2.45, 2.75) is 12.7 Å². The van der Waals surface area contributed by atoms with Crippen LogP contribution in [0.15, 0.2) is 66.7 Å². The Balaban J connectivity index is 1.65. The second-order valence-electron chi connectivity index (χ2n) is 6.77. The van der Waals surface area contributed by atoms with Crippen molar-refractivity contribution in [1.82, 2.24) is 9.78 Å². The molecule has 0 aliphatic heterocycles. The van der Waals surface area contributed by atoms with Gasteiger partial charge < -0.3 is 5.32 Å². The molecule has 3 aromatic carbocycles. The van der Waals surface area contributed by atoms with Gasteiger partial charge in [0, 0.05) is 5.39 Å². The maximum Gasteiger partial charge on any atom is 0.416 e. The van der Waals surface area contributed by atoms with Crippen molar-refractivity contribution in [2.24, 2.45) is 0 Å². The van der Waals surface area contributed by atoms with Crippen LogP contribution >= 0.6 is 0 Å². The molecule has 0 spiro atoms. The van der Waals surface area contributed by atoms with E-state index in [1.165, 1.54) is 22.9 Å². The molecule has 0 aliphatic rings. The summed E-state index contributed by atoms with van der Waals surface area (Å²) in [5.74, 6) is -3.17. The zero-order valence-electron chi connectivity index (χ0n) is 15.8. The lowest BCUT2D eigenvalue weighted by Gasteiger charge is -2.08. The minimum atomic E-state index is -4.43. The highest BCUT2D eigenvalue weighted by Crippen LogP contribution is 2.30. The molecule has 4 nitrogen and oxygen atoms in total. The molecular weight excluding hydrogens is 417 g/mol. The van der Waals surface area contributed by atoms with Gasteiger partial charge in [-0.15, -0.1) is 0 Å². The van der Waals surface area contributed by atoms with E-state index in [2.05, 4.69) is 10.4 Å². The van der Waals surface area contributed by atoms with Crippen LogP contribution in [0, 0.1) is 11.6 Å². The molecule has 1 amide bonds. The first kappa shape index (κ1) is 20.5. The van der Waals surface area contributed by atoms with Crippen LogP contribution in [0.3, 0.4) is 0 Å². The van der Waals surface area contributed by atoms with Gasteiger partial charge in [0.1, 0.15) is 0 Å². The third-order valence-corrected chi connectivity index (χ3v) is 4.70. The van der Waals surface area contributed by atoms with Crippen molar-refractivity contribution in [2.75, 3.05) is 5.32 Å². The van der Waals surface area contributed by atoms with E-state index in [9.17, 15) is 26.7 Å². The second kappa shape index (κ2) is 7.82. The molecule has 1 heterocycles. The number of halogens is 5. The molecule has 0 aliphatic carbocycles. The Hall–Kier alpha value is -3.75. The maximum absolute atomic E-state index is 13.9. The molecule has 0 fully saturated rings. The van der Waals surface area contributed by atoms with Gasteiger partial charge in [0.25, 0.3) is 5.91 Å². The zero-order valence-corrected chi connectivity index (χ0v) is 15.8. The Morgan fingerprint density at radius 3 is 2.35 bits per heavy atom. The first-order chi connectivity index (χ1) is 14.7. The van der Waals surface area contributed by atoms with E-state index in [4.69, 9.17) is 0 Å². The van der Waals surface area contributed by atoms with E-state index in [1.54, 1.807) is 24.3 Å². The number of anilines is 1. The molecule has 0 unspecified atom stereocenters. The number of aromatic nitrogens is 2. The lowest BCUT2D eigenvalue weighted by molar-refractivity contribution is -0.137. The number of nitrogens with one attached hydrogen (secondary N) is 1. The standard InChI is InChI=1S/C22H14F5N3O/c23-17-6-3-5-16(19(17)24)21(31)28-20-15-4-1-2-7-18(15)30(29-20)12-13-8-10-14(11-9-13)22(25,26)27/h1-11H,12H2,(H,28,29,31). The lowest BCUT2D eigenvalue weighted by Crippen LogP contribution is -2.15. The Morgan fingerprint density at radius 2 is 1.65 bits per heavy atom. The highest BCUT2D eigenvalue weighted by molar-refractivity contribution is 6.08. The average Bonchev–Trinajstić information content (AvgIpc) is 3.07. The zero-order chi connectivity index (χ0) is 22.2. The van der Waals surface area contributed by atoms with E-state index >= 15 is 0 Å². The van der Waals surface area contributed by atoms with E-state index in [0.717, 1.165) is 24.3 Å². The van der Waals surface area contributed by atoms with E-state index in [-0.39, 0.29) is 12.4 Å². The Labute approximate surface area is 172 Å². The number of hydrogen-bond acceptors (Lipinski definition) is 2. The molecule has 0 radical (unpaired) electrons. The van der Waals surface area contributed by atoms with E-state index < -0.39 is 34.8 Å². The van der Waals surface area contributed by atoms with Crippen LogP contribution in [-0.4, -0.2) is 15.7 Å². The van der Waals surface area contributed by atoms with E-state index in [1.807, 2.05) is 0 Å². The van der Waals surface area contributed by atoms with Gasteiger partial charge in [-0.2, -0.15) is 18.3 Å². The molecule has 4 rings (SSSR count). The van der Waals surface area contributed by atoms with Crippen LogP contribution in [0.2, 0.25) is 0 Å². The molecule has 158 valence electrons. The van der Waals surface area contributed by atoms with Crippen LogP contribution in [0.1, 0.15) is 21.5 Å². The van der Waals surface area contributed by atoms with E-state index in [0.29, 0.717) is 16.5 Å². The molecule has 0 bridgehead atoms. The Bertz CT molecular complexity index is 1260. The molecule has 0 saturated heterocycles. The second-order valence-corrected chi connectivity index (χ2v) is 6.77. The summed E-state index contributed by atoms with van der Waals surface area (Å²) in [5.41, 5.74) is -0.0549. The van der Waals surface area contributed by atoms with Crippen molar-refractivity contribution >= 4 is 22.6 Å². The Kier molecular flexibility index (Phi) is 5.18. The van der Waals surface area contributed by atoms with Crippen molar-refractivity contribution in [3.8, 4) is 0 Å². The van der Waals surface area contributed by atoms with Gasteiger partial charge in [0.2, 0.25) is 0 Å². The van der Waals surface area contributed by atoms with Crippen molar-refractivity contribution in [3.05, 3.63) is 95.1 Å². The van der Waals surface area contributed by atoms with Crippen LogP contribution in [-0.2, 0) is 12.7 Å². The fraction of sp³-hybridized carbons (Fsp3) is 0.0909. The molecule has 0 saturated carbocycles.